The summed E-state index contributed by atoms with van der Waals surface area (Å²) in [6.45, 7) is 2.18. The van der Waals surface area contributed by atoms with Gasteiger partial charge in [0.2, 0.25) is 10.0 Å². The van der Waals surface area contributed by atoms with Crippen molar-refractivity contribution < 1.29 is 8.42 Å². The molecule has 2 heterocycles. The van der Waals surface area contributed by atoms with Gasteiger partial charge < -0.3 is 10.6 Å². The highest BCUT2D eigenvalue weighted by Gasteiger charge is 2.39. The van der Waals surface area contributed by atoms with Crippen LogP contribution < -0.4 is 15.4 Å². The fraction of sp³-hybridized carbons (Fsp3) is 0.600. The van der Waals surface area contributed by atoms with Gasteiger partial charge in [-0.15, -0.1) is 0 Å². The summed E-state index contributed by atoms with van der Waals surface area (Å²) in [5.74, 6) is 0. The van der Waals surface area contributed by atoms with Gasteiger partial charge in [-0.3, -0.25) is 0 Å². The predicted octanol–water partition coefficient (Wildman–Crippen LogP) is 1.44. The fourth-order valence-corrected chi connectivity index (χ4v) is 4.75. The molecule has 116 valence electrons. The Hall–Kier alpha value is -1.11. The Balaban J connectivity index is 1.82. The third-order valence-electron chi connectivity index (χ3n) is 4.55. The first-order valence-electron chi connectivity index (χ1n) is 7.65. The van der Waals surface area contributed by atoms with E-state index in [-0.39, 0.29) is 0 Å². The standard InChI is InChI=1S/C15H23N3O2S/c1-2-17-21(19,20)15-7-5-12(6-8-15)18-13-3-4-14(18)10-11(16)9-13/h5-8,11,13-14,17H,2-4,9-10,16H2,1H3. The number of nitrogens with two attached hydrogens (primary N) is 1. The van der Waals surface area contributed by atoms with E-state index in [9.17, 15) is 8.42 Å². The molecule has 0 radical (unpaired) electrons. The fourth-order valence-electron chi connectivity index (χ4n) is 3.71. The summed E-state index contributed by atoms with van der Waals surface area (Å²) in [6.07, 6.45) is 4.45. The molecule has 2 fully saturated rings. The van der Waals surface area contributed by atoms with Crippen molar-refractivity contribution in [2.24, 2.45) is 5.73 Å². The van der Waals surface area contributed by atoms with Crippen LogP contribution in [0, 0.1) is 0 Å². The van der Waals surface area contributed by atoms with Gasteiger partial charge in [-0.2, -0.15) is 0 Å². The molecule has 0 spiro atoms. The van der Waals surface area contributed by atoms with E-state index in [1.165, 1.54) is 12.8 Å². The molecule has 2 aliphatic heterocycles. The van der Waals surface area contributed by atoms with Gasteiger partial charge in [0.05, 0.1) is 4.90 Å². The summed E-state index contributed by atoms with van der Waals surface area (Å²) in [6, 6.07) is 8.57. The molecule has 3 N–H and O–H groups in total. The second kappa shape index (κ2) is 5.59. The first-order valence-corrected chi connectivity index (χ1v) is 9.13. The molecule has 6 heteroatoms. The Labute approximate surface area is 126 Å². The summed E-state index contributed by atoms with van der Waals surface area (Å²) in [7, 11) is -3.37. The Kier molecular flexibility index (Phi) is 3.94. The number of benzene rings is 1. The molecular formula is C15H23N3O2S. The van der Waals surface area contributed by atoms with Gasteiger partial charge >= 0.3 is 0 Å². The summed E-state index contributed by atoms with van der Waals surface area (Å²) < 4.78 is 26.4. The first-order chi connectivity index (χ1) is 10.0. The number of rotatable bonds is 4. The molecule has 3 rings (SSSR count). The van der Waals surface area contributed by atoms with Crippen molar-refractivity contribution in [1.29, 1.82) is 0 Å². The van der Waals surface area contributed by atoms with Crippen molar-refractivity contribution in [1.82, 2.24) is 4.72 Å². The molecule has 5 nitrogen and oxygen atoms in total. The van der Waals surface area contributed by atoms with Crippen molar-refractivity contribution in [3.63, 3.8) is 0 Å². The van der Waals surface area contributed by atoms with E-state index in [1.54, 1.807) is 19.1 Å². The molecule has 2 saturated heterocycles. The van der Waals surface area contributed by atoms with Crippen LogP contribution >= 0.6 is 0 Å². The van der Waals surface area contributed by atoms with E-state index in [0.717, 1.165) is 18.5 Å². The normalized spacial score (nSPS) is 28.9. The average Bonchev–Trinajstić information content (AvgIpc) is 2.71. The lowest BCUT2D eigenvalue weighted by Crippen LogP contribution is -2.47. The highest BCUT2D eigenvalue weighted by molar-refractivity contribution is 7.89. The lowest BCUT2D eigenvalue weighted by atomic mass is 9.97. The zero-order valence-electron chi connectivity index (χ0n) is 12.3. The molecule has 1 aromatic rings. The molecule has 2 aliphatic rings. The number of nitrogens with one attached hydrogen (secondary N) is 1. The van der Waals surface area contributed by atoms with Crippen LogP contribution in [-0.2, 0) is 10.0 Å². The van der Waals surface area contributed by atoms with Crippen LogP contribution in [0.2, 0.25) is 0 Å². The average molecular weight is 309 g/mol. The molecule has 0 saturated carbocycles. The zero-order valence-corrected chi connectivity index (χ0v) is 13.1. The van der Waals surface area contributed by atoms with Gasteiger partial charge in [-0.25, -0.2) is 13.1 Å². The predicted molar refractivity (Wildman–Crippen MR) is 83.8 cm³/mol. The Morgan fingerprint density at radius 2 is 1.76 bits per heavy atom. The van der Waals surface area contributed by atoms with Crippen LogP contribution in [0.25, 0.3) is 0 Å². The van der Waals surface area contributed by atoms with Crippen molar-refractivity contribution in [2.75, 3.05) is 11.4 Å². The summed E-state index contributed by atoms with van der Waals surface area (Å²) in [5, 5.41) is 0. The number of hydrogen-bond acceptors (Lipinski definition) is 4. The molecule has 0 amide bonds. The maximum absolute atomic E-state index is 12.0. The molecule has 0 aliphatic carbocycles. The smallest absolute Gasteiger partial charge is 0.240 e. The van der Waals surface area contributed by atoms with Crippen molar-refractivity contribution in [2.45, 2.75) is 55.6 Å². The molecule has 21 heavy (non-hydrogen) atoms. The Morgan fingerprint density at radius 3 is 2.29 bits per heavy atom. The molecule has 2 bridgehead atoms. The van der Waals surface area contributed by atoms with Crippen LogP contribution in [0.3, 0.4) is 0 Å². The largest absolute Gasteiger partial charge is 0.365 e. The number of fused-ring (bicyclic) bond motifs is 2. The highest BCUT2D eigenvalue weighted by Crippen LogP contribution is 2.38. The Morgan fingerprint density at radius 1 is 1.19 bits per heavy atom. The lowest BCUT2D eigenvalue weighted by molar-refractivity contribution is 0.414. The monoisotopic (exact) mass is 309 g/mol. The number of piperidine rings is 1. The molecule has 2 unspecified atom stereocenters. The third kappa shape index (κ3) is 2.80. The number of sulfonamides is 1. The highest BCUT2D eigenvalue weighted by atomic mass is 32.2. The number of hydrogen-bond donors (Lipinski definition) is 2. The van der Waals surface area contributed by atoms with E-state index >= 15 is 0 Å². The van der Waals surface area contributed by atoms with Gasteiger partial charge in [-0.1, -0.05) is 6.92 Å². The van der Waals surface area contributed by atoms with Crippen LogP contribution in [0.4, 0.5) is 5.69 Å². The van der Waals surface area contributed by atoms with E-state index in [2.05, 4.69) is 9.62 Å². The maximum atomic E-state index is 12.0. The van der Waals surface area contributed by atoms with E-state index in [1.807, 2.05) is 12.1 Å². The lowest BCUT2D eigenvalue weighted by Gasteiger charge is -2.39. The van der Waals surface area contributed by atoms with Gasteiger partial charge in [0.25, 0.3) is 0 Å². The second-order valence-electron chi connectivity index (χ2n) is 6.02. The quantitative estimate of drug-likeness (QED) is 0.882. The van der Waals surface area contributed by atoms with Gasteiger partial charge in [0.1, 0.15) is 0 Å². The van der Waals surface area contributed by atoms with Crippen LogP contribution in [-0.4, -0.2) is 33.1 Å². The van der Waals surface area contributed by atoms with Gasteiger partial charge in [0, 0.05) is 30.4 Å². The minimum Gasteiger partial charge on any atom is -0.365 e. The van der Waals surface area contributed by atoms with Crippen molar-refractivity contribution >= 4 is 15.7 Å². The SMILES string of the molecule is CCNS(=O)(=O)c1ccc(N2C3CCC2CC(N)C3)cc1. The molecule has 2 atom stereocenters. The van der Waals surface area contributed by atoms with E-state index in [0.29, 0.717) is 29.6 Å². The summed E-state index contributed by atoms with van der Waals surface area (Å²) in [4.78, 5) is 2.77. The van der Waals surface area contributed by atoms with E-state index < -0.39 is 10.0 Å². The number of nitrogens with zero attached hydrogens (tertiary/aromatic N) is 1. The maximum Gasteiger partial charge on any atom is 0.240 e. The van der Waals surface area contributed by atoms with Gasteiger partial charge in [0.15, 0.2) is 0 Å². The second-order valence-corrected chi connectivity index (χ2v) is 7.79. The Bertz CT molecular complexity index is 586. The van der Waals surface area contributed by atoms with E-state index in [4.69, 9.17) is 5.73 Å². The minimum absolute atomic E-state index is 0.312. The van der Waals surface area contributed by atoms with Crippen molar-refractivity contribution in [3.8, 4) is 0 Å². The van der Waals surface area contributed by atoms with Crippen LogP contribution in [0.1, 0.15) is 32.6 Å². The first kappa shape index (κ1) is 14.8. The molecule has 1 aromatic carbocycles. The zero-order chi connectivity index (χ0) is 15.0. The third-order valence-corrected chi connectivity index (χ3v) is 6.11. The topological polar surface area (TPSA) is 75.4 Å². The van der Waals surface area contributed by atoms with Crippen molar-refractivity contribution in [3.05, 3.63) is 24.3 Å². The van der Waals surface area contributed by atoms with Crippen LogP contribution in [0.15, 0.2) is 29.2 Å². The van der Waals surface area contributed by atoms with Crippen LogP contribution in [0.5, 0.6) is 0 Å². The van der Waals surface area contributed by atoms with Gasteiger partial charge in [-0.05, 0) is 49.9 Å². The summed E-state index contributed by atoms with van der Waals surface area (Å²) >= 11 is 0. The molecule has 0 aromatic heterocycles. The number of anilines is 1. The molecular weight excluding hydrogens is 286 g/mol. The minimum atomic E-state index is -3.37. The summed E-state index contributed by atoms with van der Waals surface area (Å²) in [5.41, 5.74) is 7.21.